The van der Waals surface area contributed by atoms with Crippen LogP contribution in [-0.4, -0.2) is 34.0 Å². The standard InChI is InChI=1S/C12H16N6S/c1-8(19-9-6-4-5-7-14-9)10-15-11(13)17-12(16-10)18(2)3/h4-8H,1-3H3,(H2,13,15,16,17)/t8-/m1/s1. The first-order valence-electron chi connectivity index (χ1n) is 5.82. The van der Waals surface area contributed by atoms with E-state index in [1.165, 1.54) is 0 Å². The van der Waals surface area contributed by atoms with Crippen LogP contribution < -0.4 is 10.6 Å². The predicted molar refractivity (Wildman–Crippen MR) is 77.1 cm³/mol. The lowest BCUT2D eigenvalue weighted by atomic mass is 10.4. The number of nitrogens with two attached hydrogens (primary N) is 1. The van der Waals surface area contributed by atoms with Gasteiger partial charge in [0, 0.05) is 20.3 Å². The van der Waals surface area contributed by atoms with Crippen LogP contribution in [0.1, 0.15) is 18.0 Å². The fraction of sp³-hybridized carbons (Fsp3) is 0.333. The van der Waals surface area contributed by atoms with Crippen LogP contribution in [0.25, 0.3) is 0 Å². The van der Waals surface area contributed by atoms with E-state index in [0.29, 0.717) is 11.8 Å². The second-order valence-corrected chi connectivity index (χ2v) is 5.54. The van der Waals surface area contributed by atoms with Gasteiger partial charge in [0.1, 0.15) is 5.82 Å². The Balaban J connectivity index is 2.21. The Kier molecular flexibility index (Phi) is 4.16. The summed E-state index contributed by atoms with van der Waals surface area (Å²) in [6, 6.07) is 5.80. The highest BCUT2D eigenvalue weighted by Gasteiger charge is 2.14. The lowest BCUT2D eigenvalue weighted by molar-refractivity contribution is 0.863. The Hall–Kier alpha value is -1.89. The third-order valence-electron chi connectivity index (χ3n) is 2.36. The molecule has 2 N–H and O–H groups in total. The number of hydrogen-bond donors (Lipinski definition) is 1. The van der Waals surface area contributed by atoms with E-state index in [2.05, 4.69) is 19.9 Å². The van der Waals surface area contributed by atoms with E-state index in [-0.39, 0.29) is 11.2 Å². The molecular weight excluding hydrogens is 260 g/mol. The lowest BCUT2D eigenvalue weighted by Crippen LogP contribution is -2.16. The molecule has 0 aliphatic carbocycles. The summed E-state index contributed by atoms with van der Waals surface area (Å²) in [7, 11) is 3.74. The topological polar surface area (TPSA) is 80.8 Å². The maximum absolute atomic E-state index is 5.71. The van der Waals surface area contributed by atoms with Crippen molar-refractivity contribution >= 4 is 23.7 Å². The largest absolute Gasteiger partial charge is 0.368 e. The van der Waals surface area contributed by atoms with Crippen molar-refractivity contribution in [3.05, 3.63) is 30.2 Å². The average molecular weight is 276 g/mol. The number of pyridine rings is 1. The third-order valence-corrected chi connectivity index (χ3v) is 3.40. The molecule has 100 valence electrons. The van der Waals surface area contributed by atoms with Crippen LogP contribution in [0, 0.1) is 0 Å². The maximum atomic E-state index is 5.71. The maximum Gasteiger partial charge on any atom is 0.229 e. The minimum atomic E-state index is 0.0545. The SMILES string of the molecule is C[C@@H](Sc1ccccn1)c1nc(N)nc(N(C)C)n1. The molecule has 2 aromatic heterocycles. The summed E-state index contributed by atoms with van der Waals surface area (Å²) in [6.45, 7) is 2.02. The van der Waals surface area contributed by atoms with Gasteiger partial charge in [-0.15, -0.1) is 0 Å². The molecule has 0 aromatic carbocycles. The second kappa shape index (κ2) is 5.83. The summed E-state index contributed by atoms with van der Waals surface area (Å²) < 4.78 is 0. The van der Waals surface area contributed by atoms with Crippen molar-refractivity contribution in [2.45, 2.75) is 17.2 Å². The summed E-state index contributed by atoms with van der Waals surface area (Å²) in [6.07, 6.45) is 1.77. The van der Waals surface area contributed by atoms with Gasteiger partial charge in [0.15, 0.2) is 0 Å². The number of hydrogen-bond acceptors (Lipinski definition) is 7. The highest BCUT2D eigenvalue weighted by Crippen LogP contribution is 2.31. The van der Waals surface area contributed by atoms with Gasteiger partial charge in [-0.25, -0.2) is 4.98 Å². The number of thioether (sulfide) groups is 1. The van der Waals surface area contributed by atoms with E-state index in [1.807, 2.05) is 39.2 Å². The molecule has 0 bridgehead atoms. The number of nitrogens with zero attached hydrogens (tertiary/aromatic N) is 5. The number of aromatic nitrogens is 4. The van der Waals surface area contributed by atoms with Gasteiger partial charge in [-0.05, 0) is 19.1 Å². The zero-order valence-electron chi connectivity index (χ0n) is 11.1. The van der Waals surface area contributed by atoms with Gasteiger partial charge in [0.2, 0.25) is 11.9 Å². The Morgan fingerprint density at radius 1 is 1.21 bits per heavy atom. The van der Waals surface area contributed by atoms with Gasteiger partial charge in [-0.1, -0.05) is 17.8 Å². The number of nitrogen functional groups attached to an aromatic ring is 1. The van der Waals surface area contributed by atoms with Gasteiger partial charge < -0.3 is 10.6 Å². The lowest BCUT2D eigenvalue weighted by Gasteiger charge is -2.14. The monoisotopic (exact) mass is 276 g/mol. The number of anilines is 2. The third kappa shape index (κ3) is 3.54. The fourth-order valence-corrected chi connectivity index (χ4v) is 2.28. The summed E-state index contributed by atoms with van der Waals surface area (Å²) in [5, 5.41) is 0.985. The molecule has 0 fully saturated rings. The highest BCUT2D eigenvalue weighted by atomic mass is 32.2. The molecule has 0 aliphatic heterocycles. The van der Waals surface area contributed by atoms with Crippen molar-refractivity contribution in [1.82, 2.24) is 19.9 Å². The molecule has 19 heavy (non-hydrogen) atoms. The van der Waals surface area contributed by atoms with Crippen LogP contribution in [-0.2, 0) is 0 Å². The first kappa shape index (κ1) is 13.5. The first-order chi connectivity index (χ1) is 9.06. The molecule has 0 amide bonds. The molecular formula is C12H16N6S. The molecule has 0 spiro atoms. The van der Waals surface area contributed by atoms with Gasteiger partial charge in [-0.3, -0.25) is 0 Å². The molecule has 0 aliphatic rings. The molecule has 0 unspecified atom stereocenters. The van der Waals surface area contributed by atoms with Crippen molar-refractivity contribution in [3.63, 3.8) is 0 Å². The summed E-state index contributed by atoms with van der Waals surface area (Å²) in [5.74, 6) is 1.46. The van der Waals surface area contributed by atoms with Crippen molar-refractivity contribution in [3.8, 4) is 0 Å². The molecule has 0 saturated carbocycles. The summed E-state index contributed by atoms with van der Waals surface area (Å²) in [5.41, 5.74) is 5.71. The molecule has 7 heteroatoms. The fourth-order valence-electron chi connectivity index (χ4n) is 1.43. The van der Waals surface area contributed by atoms with Crippen molar-refractivity contribution in [1.29, 1.82) is 0 Å². The molecule has 1 atom stereocenters. The van der Waals surface area contributed by atoms with E-state index in [4.69, 9.17) is 5.73 Å². The first-order valence-corrected chi connectivity index (χ1v) is 6.70. The van der Waals surface area contributed by atoms with E-state index < -0.39 is 0 Å². The van der Waals surface area contributed by atoms with Crippen molar-refractivity contribution in [2.24, 2.45) is 0 Å². The zero-order valence-corrected chi connectivity index (χ0v) is 11.9. The normalized spacial score (nSPS) is 12.2. The van der Waals surface area contributed by atoms with Crippen LogP contribution in [0.5, 0.6) is 0 Å². The van der Waals surface area contributed by atoms with Gasteiger partial charge in [0.25, 0.3) is 0 Å². The average Bonchev–Trinajstić information content (AvgIpc) is 2.39. The van der Waals surface area contributed by atoms with Gasteiger partial charge in [-0.2, -0.15) is 15.0 Å². The number of rotatable bonds is 4. The summed E-state index contributed by atoms with van der Waals surface area (Å²) in [4.78, 5) is 18.8. The molecule has 6 nitrogen and oxygen atoms in total. The minimum Gasteiger partial charge on any atom is -0.368 e. The Bertz CT molecular complexity index is 545. The molecule has 0 radical (unpaired) electrons. The Morgan fingerprint density at radius 2 is 2.00 bits per heavy atom. The second-order valence-electron chi connectivity index (χ2n) is 4.17. The minimum absolute atomic E-state index is 0.0545. The Morgan fingerprint density at radius 3 is 2.63 bits per heavy atom. The van der Waals surface area contributed by atoms with Crippen LogP contribution in [0.2, 0.25) is 0 Å². The van der Waals surface area contributed by atoms with E-state index >= 15 is 0 Å². The molecule has 2 heterocycles. The van der Waals surface area contributed by atoms with Gasteiger partial charge in [0.05, 0.1) is 10.3 Å². The smallest absolute Gasteiger partial charge is 0.229 e. The highest BCUT2D eigenvalue weighted by molar-refractivity contribution is 7.99. The molecule has 2 rings (SSSR count). The van der Waals surface area contributed by atoms with Crippen LogP contribution in [0.4, 0.5) is 11.9 Å². The van der Waals surface area contributed by atoms with Crippen LogP contribution in [0.15, 0.2) is 29.4 Å². The van der Waals surface area contributed by atoms with Gasteiger partial charge >= 0.3 is 0 Å². The van der Waals surface area contributed by atoms with Crippen molar-refractivity contribution < 1.29 is 0 Å². The van der Waals surface area contributed by atoms with E-state index in [0.717, 1.165) is 5.03 Å². The molecule has 2 aromatic rings. The van der Waals surface area contributed by atoms with Crippen molar-refractivity contribution in [2.75, 3.05) is 24.7 Å². The molecule has 0 saturated heterocycles. The summed E-state index contributed by atoms with van der Waals surface area (Å²) >= 11 is 1.59. The van der Waals surface area contributed by atoms with E-state index in [9.17, 15) is 0 Å². The quantitative estimate of drug-likeness (QED) is 0.852. The zero-order chi connectivity index (χ0) is 13.8. The van der Waals surface area contributed by atoms with Crippen LogP contribution in [0.3, 0.4) is 0 Å². The van der Waals surface area contributed by atoms with E-state index in [1.54, 1.807) is 22.9 Å². The predicted octanol–water partition coefficient (Wildman–Crippen LogP) is 1.77. The Labute approximate surface area is 116 Å². The van der Waals surface area contributed by atoms with Crippen LogP contribution >= 0.6 is 11.8 Å².